The van der Waals surface area contributed by atoms with E-state index in [1.807, 2.05) is 37.4 Å². The molecule has 0 aliphatic carbocycles. The Labute approximate surface area is 137 Å². The molecule has 0 spiro atoms. The van der Waals surface area contributed by atoms with Crippen molar-refractivity contribution in [2.75, 3.05) is 6.26 Å². The molecule has 0 atom stereocenters. The molecular formula is C16H14ClN3OS. The van der Waals surface area contributed by atoms with E-state index in [-0.39, 0.29) is 5.56 Å². The van der Waals surface area contributed by atoms with Gasteiger partial charge in [-0.15, -0.1) is 0 Å². The lowest BCUT2D eigenvalue weighted by atomic mass is 10.0. The number of thioether (sulfide) groups is 1. The van der Waals surface area contributed by atoms with Crippen LogP contribution < -0.4 is 5.56 Å². The summed E-state index contributed by atoms with van der Waals surface area (Å²) in [5.41, 5.74) is 2.85. The average Bonchev–Trinajstić information content (AvgIpc) is 2.53. The highest BCUT2D eigenvalue weighted by molar-refractivity contribution is 7.98. The van der Waals surface area contributed by atoms with E-state index < -0.39 is 0 Å². The van der Waals surface area contributed by atoms with Crippen molar-refractivity contribution in [2.24, 2.45) is 7.05 Å². The Bertz CT molecular complexity index is 937. The standard InChI is InChI=1S/C16H14ClN3OS/c1-9-4-5-13(17)11(6-9)12-7-10-8-18-16(22-3)19-14(10)20(2)15(12)21/h4-8H,1-3H3. The lowest BCUT2D eigenvalue weighted by Gasteiger charge is -2.10. The zero-order valence-corrected chi connectivity index (χ0v) is 14.0. The molecule has 2 heterocycles. The van der Waals surface area contributed by atoms with E-state index in [1.165, 1.54) is 11.8 Å². The van der Waals surface area contributed by atoms with E-state index in [0.29, 0.717) is 21.4 Å². The number of aryl methyl sites for hydroxylation is 2. The molecule has 1 aromatic carbocycles. The highest BCUT2D eigenvalue weighted by Crippen LogP contribution is 2.28. The Morgan fingerprint density at radius 3 is 2.73 bits per heavy atom. The van der Waals surface area contributed by atoms with Crippen LogP contribution in [0.5, 0.6) is 0 Å². The first-order valence-electron chi connectivity index (χ1n) is 6.68. The van der Waals surface area contributed by atoms with Crippen molar-refractivity contribution in [3.8, 4) is 11.1 Å². The number of aromatic nitrogens is 3. The molecule has 0 saturated carbocycles. The number of hydrogen-bond acceptors (Lipinski definition) is 4. The first kappa shape index (κ1) is 15.1. The average molecular weight is 332 g/mol. The Hall–Kier alpha value is -1.85. The van der Waals surface area contributed by atoms with Crippen LogP contribution in [-0.4, -0.2) is 20.8 Å². The zero-order chi connectivity index (χ0) is 15.9. The minimum Gasteiger partial charge on any atom is -0.295 e. The van der Waals surface area contributed by atoms with E-state index in [1.54, 1.807) is 17.8 Å². The summed E-state index contributed by atoms with van der Waals surface area (Å²) in [5.74, 6) is 0. The maximum Gasteiger partial charge on any atom is 0.259 e. The molecule has 112 valence electrons. The van der Waals surface area contributed by atoms with Gasteiger partial charge in [-0.25, -0.2) is 9.97 Å². The van der Waals surface area contributed by atoms with Crippen molar-refractivity contribution in [1.29, 1.82) is 0 Å². The lowest BCUT2D eigenvalue weighted by Crippen LogP contribution is -2.20. The van der Waals surface area contributed by atoms with Gasteiger partial charge in [0.05, 0.1) is 0 Å². The van der Waals surface area contributed by atoms with Crippen LogP contribution in [-0.2, 0) is 7.05 Å². The molecule has 4 nitrogen and oxygen atoms in total. The highest BCUT2D eigenvalue weighted by atomic mass is 35.5. The van der Waals surface area contributed by atoms with Crippen LogP contribution in [0.4, 0.5) is 0 Å². The van der Waals surface area contributed by atoms with Crippen LogP contribution in [0.1, 0.15) is 5.56 Å². The summed E-state index contributed by atoms with van der Waals surface area (Å²) < 4.78 is 1.55. The van der Waals surface area contributed by atoms with Gasteiger partial charge in [0.2, 0.25) is 0 Å². The predicted octanol–water partition coefficient (Wildman–Crippen LogP) is 3.68. The Kier molecular flexibility index (Phi) is 3.93. The number of pyridine rings is 1. The summed E-state index contributed by atoms with van der Waals surface area (Å²) in [6.07, 6.45) is 3.64. The van der Waals surface area contributed by atoms with Crippen LogP contribution >= 0.6 is 23.4 Å². The van der Waals surface area contributed by atoms with Gasteiger partial charge in [-0.1, -0.05) is 35.0 Å². The normalized spacial score (nSPS) is 11.1. The maximum atomic E-state index is 12.7. The molecule has 0 bridgehead atoms. The molecule has 0 aliphatic heterocycles. The van der Waals surface area contributed by atoms with Crippen molar-refractivity contribution in [1.82, 2.24) is 14.5 Å². The van der Waals surface area contributed by atoms with E-state index in [0.717, 1.165) is 16.5 Å². The molecule has 0 saturated heterocycles. The molecule has 0 unspecified atom stereocenters. The third kappa shape index (κ3) is 2.51. The van der Waals surface area contributed by atoms with Crippen LogP contribution in [0.25, 0.3) is 22.2 Å². The molecule has 3 rings (SSSR count). The highest BCUT2D eigenvalue weighted by Gasteiger charge is 2.13. The number of fused-ring (bicyclic) bond motifs is 1. The summed E-state index contributed by atoms with van der Waals surface area (Å²) in [6.45, 7) is 1.97. The molecule has 22 heavy (non-hydrogen) atoms. The zero-order valence-electron chi connectivity index (χ0n) is 12.4. The summed E-state index contributed by atoms with van der Waals surface area (Å²) in [4.78, 5) is 21.4. The Morgan fingerprint density at radius 1 is 1.23 bits per heavy atom. The van der Waals surface area contributed by atoms with Crippen molar-refractivity contribution in [3.63, 3.8) is 0 Å². The van der Waals surface area contributed by atoms with Gasteiger partial charge in [-0.3, -0.25) is 9.36 Å². The second-order valence-corrected chi connectivity index (χ2v) is 6.22. The SMILES string of the molecule is CSc1ncc2cc(-c3cc(C)ccc3Cl)c(=O)n(C)c2n1. The Balaban J connectivity index is 2.34. The summed E-state index contributed by atoms with van der Waals surface area (Å²) >= 11 is 7.72. The lowest BCUT2D eigenvalue weighted by molar-refractivity contribution is 0.861. The molecule has 2 aromatic heterocycles. The fraction of sp³-hybridized carbons (Fsp3) is 0.188. The van der Waals surface area contributed by atoms with Crippen molar-refractivity contribution < 1.29 is 0 Å². The summed E-state index contributed by atoms with van der Waals surface area (Å²) in [6, 6.07) is 7.46. The number of rotatable bonds is 2. The van der Waals surface area contributed by atoms with Crippen molar-refractivity contribution in [3.05, 3.63) is 51.4 Å². The topological polar surface area (TPSA) is 47.8 Å². The van der Waals surface area contributed by atoms with Gasteiger partial charge in [0.1, 0.15) is 5.65 Å². The Morgan fingerprint density at radius 2 is 2.00 bits per heavy atom. The predicted molar refractivity (Wildman–Crippen MR) is 91.7 cm³/mol. The van der Waals surface area contributed by atoms with Gasteiger partial charge in [0, 0.05) is 34.8 Å². The molecule has 0 radical (unpaired) electrons. The van der Waals surface area contributed by atoms with Gasteiger partial charge < -0.3 is 0 Å². The second-order valence-electron chi connectivity index (χ2n) is 5.04. The van der Waals surface area contributed by atoms with E-state index in [2.05, 4.69) is 9.97 Å². The molecule has 0 N–H and O–H groups in total. The third-order valence-electron chi connectivity index (χ3n) is 3.52. The third-order valence-corrected chi connectivity index (χ3v) is 4.41. The van der Waals surface area contributed by atoms with Gasteiger partial charge >= 0.3 is 0 Å². The number of halogens is 1. The first-order chi connectivity index (χ1) is 10.5. The van der Waals surface area contributed by atoms with Gasteiger partial charge in [0.15, 0.2) is 5.16 Å². The number of nitrogens with zero attached hydrogens (tertiary/aromatic N) is 3. The van der Waals surface area contributed by atoms with E-state index in [9.17, 15) is 4.79 Å². The molecule has 0 fully saturated rings. The minimum atomic E-state index is -0.120. The van der Waals surface area contributed by atoms with Crippen LogP contribution in [0.3, 0.4) is 0 Å². The summed E-state index contributed by atoms with van der Waals surface area (Å²) in [7, 11) is 1.72. The van der Waals surface area contributed by atoms with Gasteiger partial charge in [0.25, 0.3) is 5.56 Å². The fourth-order valence-electron chi connectivity index (χ4n) is 2.37. The van der Waals surface area contributed by atoms with Crippen LogP contribution in [0, 0.1) is 6.92 Å². The van der Waals surface area contributed by atoms with E-state index >= 15 is 0 Å². The number of hydrogen-bond donors (Lipinski definition) is 0. The molecule has 3 aromatic rings. The molecule has 0 amide bonds. The monoisotopic (exact) mass is 331 g/mol. The smallest absolute Gasteiger partial charge is 0.259 e. The van der Waals surface area contributed by atoms with Gasteiger partial charge in [-0.2, -0.15) is 0 Å². The summed E-state index contributed by atoms with van der Waals surface area (Å²) in [5, 5.41) is 2.01. The van der Waals surface area contributed by atoms with Gasteiger partial charge in [-0.05, 0) is 31.4 Å². The van der Waals surface area contributed by atoms with Crippen LogP contribution in [0.15, 0.2) is 40.4 Å². The minimum absolute atomic E-state index is 0.120. The molecule has 6 heteroatoms. The quantitative estimate of drug-likeness (QED) is 0.531. The molecular weight excluding hydrogens is 318 g/mol. The van der Waals surface area contributed by atoms with E-state index in [4.69, 9.17) is 11.6 Å². The first-order valence-corrected chi connectivity index (χ1v) is 8.29. The van der Waals surface area contributed by atoms with Crippen LogP contribution in [0.2, 0.25) is 5.02 Å². The fourth-order valence-corrected chi connectivity index (χ4v) is 2.92. The largest absolute Gasteiger partial charge is 0.295 e. The van der Waals surface area contributed by atoms with Crippen molar-refractivity contribution in [2.45, 2.75) is 12.1 Å². The second kappa shape index (κ2) is 5.74. The van der Waals surface area contributed by atoms with Crippen molar-refractivity contribution >= 4 is 34.4 Å². The molecule has 0 aliphatic rings. The number of benzene rings is 1. The maximum absolute atomic E-state index is 12.7.